The predicted octanol–water partition coefficient (Wildman–Crippen LogP) is 5.32. The summed E-state index contributed by atoms with van der Waals surface area (Å²) in [6.07, 6.45) is 2.13. The summed E-state index contributed by atoms with van der Waals surface area (Å²) >= 11 is 9.42. The van der Waals surface area contributed by atoms with Gasteiger partial charge in [0.2, 0.25) is 0 Å². The maximum Gasteiger partial charge on any atom is 0.263 e. The molecule has 0 radical (unpaired) electrons. The Morgan fingerprint density at radius 3 is 2.75 bits per heavy atom. The van der Waals surface area contributed by atoms with Crippen molar-refractivity contribution in [2.75, 3.05) is 12.4 Å². The molecule has 0 unspecified atom stereocenters. The Balaban J connectivity index is 1.65. The Morgan fingerprint density at radius 2 is 1.97 bits per heavy atom. The van der Waals surface area contributed by atoms with Gasteiger partial charge in [0.25, 0.3) is 11.5 Å². The lowest BCUT2D eigenvalue weighted by Gasteiger charge is -2.12. The molecule has 8 heteroatoms. The normalized spacial score (nSPS) is 10.8. The highest BCUT2D eigenvalue weighted by molar-refractivity contribution is 9.10. The fraction of sp³-hybridized carbons (Fsp3) is 0.125. The van der Waals surface area contributed by atoms with Gasteiger partial charge < -0.3 is 10.1 Å². The van der Waals surface area contributed by atoms with Crippen molar-refractivity contribution >= 4 is 50.0 Å². The SMILES string of the molecule is COc1ccccc1CCn1cnc2cccc(NC(=O)c3ccc(Br)c(Cl)c3)c2c1=O. The molecule has 0 spiro atoms. The van der Waals surface area contributed by atoms with Gasteiger partial charge in [0.1, 0.15) is 5.75 Å². The Morgan fingerprint density at radius 1 is 1.16 bits per heavy atom. The van der Waals surface area contributed by atoms with Crippen molar-refractivity contribution < 1.29 is 9.53 Å². The van der Waals surface area contributed by atoms with Crippen LogP contribution in [0, 0.1) is 0 Å². The highest BCUT2D eigenvalue weighted by Gasteiger charge is 2.14. The topological polar surface area (TPSA) is 73.2 Å². The summed E-state index contributed by atoms with van der Waals surface area (Å²) in [6.45, 7) is 0.423. The van der Waals surface area contributed by atoms with Gasteiger partial charge in [-0.15, -0.1) is 0 Å². The molecule has 0 aliphatic heterocycles. The molecule has 1 amide bonds. The number of para-hydroxylation sites is 1. The zero-order valence-corrected chi connectivity index (χ0v) is 19.5. The van der Waals surface area contributed by atoms with E-state index in [9.17, 15) is 9.59 Å². The molecule has 4 aromatic rings. The molecule has 3 aromatic carbocycles. The van der Waals surface area contributed by atoms with Crippen LogP contribution >= 0.6 is 27.5 Å². The average molecular weight is 513 g/mol. The number of hydrogen-bond acceptors (Lipinski definition) is 4. The fourth-order valence-corrected chi connectivity index (χ4v) is 3.87. The van der Waals surface area contributed by atoms with Gasteiger partial charge in [-0.3, -0.25) is 14.2 Å². The van der Waals surface area contributed by atoms with Crippen LogP contribution in [0.1, 0.15) is 15.9 Å². The summed E-state index contributed by atoms with van der Waals surface area (Å²) in [5, 5.41) is 3.60. The first-order valence-electron chi connectivity index (χ1n) is 9.84. The monoisotopic (exact) mass is 511 g/mol. The number of fused-ring (bicyclic) bond motifs is 1. The van der Waals surface area contributed by atoms with Crippen molar-refractivity contribution in [2.45, 2.75) is 13.0 Å². The van der Waals surface area contributed by atoms with Gasteiger partial charge in [-0.2, -0.15) is 0 Å². The number of halogens is 2. The quantitative estimate of drug-likeness (QED) is 0.380. The number of aryl methyl sites for hydroxylation is 2. The molecule has 0 atom stereocenters. The van der Waals surface area contributed by atoms with Crippen molar-refractivity contribution in [1.82, 2.24) is 9.55 Å². The van der Waals surface area contributed by atoms with E-state index < -0.39 is 0 Å². The minimum Gasteiger partial charge on any atom is -0.496 e. The third kappa shape index (κ3) is 4.54. The number of aromatic nitrogens is 2. The van der Waals surface area contributed by atoms with E-state index in [2.05, 4.69) is 26.2 Å². The summed E-state index contributed by atoms with van der Waals surface area (Å²) < 4.78 is 7.63. The van der Waals surface area contributed by atoms with Crippen LogP contribution in [-0.4, -0.2) is 22.6 Å². The van der Waals surface area contributed by atoms with Crippen molar-refractivity contribution in [1.29, 1.82) is 0 Å². The van der Waals surface area contributed by atoms with E-state index in [1.807, 2.05) is 24.3 Å². The molecule has 0 bridgehead atoms. The van der Waals surface area contributed by atoms with Crippen LogP contribution in [0.25, 0.3) is 10.9 Å². The van der Waals surface area contributed by atoms with Gasteiger partial charge in [-0.25, -0.2) is 4.98 Å². The van der Waals surface area contributed by atoms with Crippen LogP contribution in [0.3, 0.4) is 0 Å². The molecule has 6 nitrogen and oxygen atoms in total. The smallest absolute Gasteiger partial charge is 0.263 e. The summed E-state index contributed by atoms with van der Waals surface area (Å²) in [5.74, 6) is 0.408. The third-order valence-electron chi connectivity index (χ3n) is 5.10. The number of anilines is 1. The van der Waals surface area contributed by atoms with E-state index in [1.165, 1.54) is 6.33 Å². The molecule has 0 saturated heterocycles. The molecule has 1 N–H and O–H groups in total. The highest BCUT2D eigenvalue weighted by Crippen LogP contribution is 2.25. The number of hydrogen-bond donors (Lipinski definition) is 1. The van der Waals surface area contributed by atoms with Crippen LogP contribution in [0.5, 0.6) is 5.75 Å². The Labute approximate surface area is 197 Å². The second-order valence-electron chi connectivity index (χ2n) is 7.09. The zero-order chi connectivity index (χ0) is 22.7. The number of methoxy groups -OCH3 is 1. The molecule has 0 saturated carbocycles. The minimum atomic E-state index is -0.365. The Hall–Kier alpha value is -3.16. The van der Waals surface area contributed by atoms with Gasteiger partial charge in [0.15, 0.2) is 0 Å². The van der Waals surface area contributed by atoms with Crippen LogP contribution < -0.4 is 15.6 Å². The minimum absolute atomic E-state index is 0.227. The lowest BCUT2D eigenvalue weighted by molar-refractivity contribution is 0.102. The van der Waals surface area contributed by atoms with Gasteiger partial charge in [0.05, 0.1) is 35.1 Å². The summed E-state index contributed by atoms with van der Waals surface area (Å²) in [7, 11) is 1.62. The zero-order valence-electron chi connectivity index (χ0n) is 17.1. The number of amides is 1. The van der Waals surface area contributed by atoms with Gasteiger partial charge >= 0.3 is 0 Å². The molecule has 0 fully saturated rings. The van der Waals surface area contributed by atoms with Crippen LogP contribution in [0.2, 0.25) is 5.02 Å². The number of nitrogens with zero attached hydrogens (tertiary/aromatic N) is 2. The number of rotatable bonds is 6. The molecule has 32 heavy (non-hydrogen) atoms. The first kappa shape index (κ1) is 22.0. The molecule has 162 valence electrons. The van der Waals surface area contributed by atoms with E-state index >= 15 is 0 Å². The highest BCUT2D eigenvalue weighted by atomic mass is 79.9. The molecule has 1 heterocycles. The third-order valence-corrected chi connectivity index (χ3v) is 6.33. The molecule has 4 rings (SSSR count). The molecule has 0 aliphatic carbocycles. The Kier molecular flexibility index (Phi) is 6.58. The van der Waals surface area contributed by atoms with Crippen molar-refractivity contribution in [3.8, 4) is 5.75 Å². The van der Waals surface area contributed by atoms with Crippen molar-refractivity contribution in [3.63, 3.8) is 0 Å². The standard InChI is InChI=1S/C24H19BrClN3O3/c1-32-21-8-3-2-5-15(21)11-12-29-14-27-19-6-4-7-20(22(19)24(29)31)28-23(30)16-9-10-17(25)18(26)13-16/h2-10,13-14H,11-12H2,1H3,(H,28,30). The van der Waals surface area contributed by atoms with Crippen LogP contribution in [0.4, 0.5) is 5.69 Å². The maximum absolute atomic E-state index is 13.3. The number of ether oxygens (including phenoxy) is 1. The lowest BCUT2D eigenvalue weighted by Crippen LogP contribution is -2.23. The first-order valence-corrected chi connectivity index (χ1v) is 11.0. The second kappa shape index (κ2) is 9.54. The number of carbonyl (C=O) groups is 1. The van der Waals surface area contributed by atoms with E-state index in [1.54, 1.807) is 48.1 Å². The number of nitrogens with one attached hydrogen (secondary N) is 1. The van der Waals surface area contributed by atoms with E-state index in [4.69, 9.17) is 16.3 Å². The molecule has 0 aliphatic rings. The molecular formula is C24H19BrClN3O3. The van der Waals surface area contributed by atoms with Gasteiger partial charge in [0, 0.05) is 16.6 Å². The summed E-state index contributed by atoms with van der Waals surface area (Å²) in [6, 6.07) is 17.8. The van der Waals surface area contributed by atoms with Crippen molar-refractivity contribution in [3.05, 3.63) is 98.0 Å². The maximum atomic E-state index is 13.3. The lowest BCUT2D eigenvalue weighted by atomic mass is 10.1. The van der Waals surface area contributed by atoms with Gasteiger partial charge in [-0.1, -0.05) is 35.9 Å². The predicted molar refractivity (Wildman–Crippen MR) is 130 cm³/mol. The first-order chi connectivity index (χ1) is 15.5. The van der Waals surface area contributed by atoms with Crippen molar-refractivity contribution in [2.24, 2.45) is 0 Å². The molecular weight excluding hydrogens is 494 g/mol. The largest absolute Gasteiger partial charge is 0.496 e. The van der Waals surface area contributed by atoms with E-state index in [-0.39, 0.29) is 11.5 Å². The summed E-state index contributed by atoms with van der Waals surface area (Å²) in [5.41, 5.74) is 2.06. The summed E-state index contributed by atoms with van der Waals surface area (Å²) in [4.78, 5) is 30.4. The van der Waals surface area contributed by atoms with E-state index in [0.29, 0.717) is 44.6 Å². The van der Waals surface area contributed by atoms with Gasteiger partial charge in [-0.05, 0) is 64.3 Å². The Bertz CT molecular complexity index is 1370. The second-order valence-corrected chi connectivity index (χ2v) is 8.35. The van der Waals surface area contributed by atoms with E-state index in [0.717, 1.165) is 11.3 Å². The molecule has 1 aromatic heterocycles. The van der Waals surface area contributed by atoms with Crippen LogP contribution in [-0.2, 0) is 13.0 Å². The van der Waals surface area contributed by atoms with Crippen LogP contribution in [0.15, 0.2) is 76.3 Å². The number of carbonyl (C=O) groups excluding carboxylic acids is 1. The average Bonchev–Trinajstić information content (AvgIpc) is 2.80. The number of benzene rings is 3. The fourth-order valence-electron chi connectivity index (χ4n) is 3.45.